The van der Waals surface area contributed by atoms with Crippen LogP contribution in [0, 0.1) is 0 Å². The minimum Gasteiger partial charge on any atom is -0.479 e. The maximum Gasteiger partial charge on any atom is 0.340 e. The van der Waals surface area contributed by atoms with Gasteiger partial charge in [0, 0.05) is 6.42 Å². The minimum absolute atomic E-state index is 0.0237. The number of carboxylic acid groups (broad SMARTS) is 1. The van der Waals surface area contributed by atoms with E-state index in [0.29, 0.717) is 5.56 Å². The molecule has 2 N–H and O–H groups in total. The Balaban J connectivity index is 2.40. The topological polar surface area (TPSA) is 57.5 Å². The molecule has 0 spiro atoms. The van der Waals surface area contributed by atoms with Crippen molar-refractivity contribution in [1.82, 2.24) is 0 Å². The quantitative estimate of drug-likeness (QED) is 0.908. The van der Waals surface area contributed by atoms with Crippen LogP contribution in [0.25, 0.3) is 0 Å². The van der Waals surface area contributed by atoms with Crippen molar-refractivity contribution >= 4 is 5.97 Å². The van der Waals surface area contributed by atoms with Gasteiger partial charge in [0.2, 0.25) is 0 Å². The third-order valence-electron chi connectivity index (χ3n) is 3.86. The van der Waals surface area contributed by atoms with Gasteiger partial charge in [0.15, 0.2) is 5.60 Å². The Hall–Kier alpha value is -2.13. The Bertz CT molecular complexity index is 656. The van der Waals surface area contributed by atoms with E-state index < -0.39 is 11.6 Å². The van der Waals surface area contributed by atoms with Crippen molar-refractivity contribution < 1.29 is 15.0 Å². The molecule has 0 saturated heterocycles. The molecule has 2 aromatic rings. The molecule has 0 radical (unpaired) electrons. The van der Waals surface area contributed by atoms with E-state index in [2.05, 4.69) is 20.8 Å². The number of carbonyl (C=O) groups is 1. The van der Waals surface area contributed by atoms with Crippen LogP contribution >= 0.6 is 0 Å². The molecule has 0 fully saturated rings. The van der Waals surface area contributed by atoms with E-state index in [9.17, 15) is 15.0 Å². The molecule has 2 rings (SSSR count). The van der Waals surface area contributed by atoms with Crippen molar-refractivity contribution in [2.24, 2.45) is 0 Å². The minimum atomic E-state index is -1.92. The van der Waals surface area contributed by atoms with Gasteiger partial charge in [-0.1, -0.05) is 75.4 Å². The summed E-state index contributed by atoms with van der Waals surface area (Å²) in [5, 5.41) is 20.2. The summed E-state index contributed by atoms with van der Waals surface area (Å²) in [6.45, 7) is 6.31. The lowest BCUT2D eigenvalue weighted by atomic mass is 9.83. The highest BCUT2D eigenvalue weighted by molar-refractivity contribution is 5.79. The fourth-order valence-corrected chi connectivity index (χ4v) is 2.46. The number of rotatable bonds is 4. The second kappa shape index (κ2) is 5.93. The van der Waals surface area contributed by atoms with Gasteiger partial charge in [-0.05, 0) is 22.1 Å². The monoisotopic (exact) mass is 298 g/mol. The first-order valence-corrected chi connectivity index (χ1v) is 7.34. The summed E-state index contributed by atoms with van der Waals surface area (Å²) in [4.78, 5) is 11.7. The van der Waals surface area contributed by atoms with Gasteiger partial charge in [-0.25, -0.2) is 4.79 Å². The Morgan fingerprint density at radius 2 is 1.55 bits per heavy atom. The second-order valence-electron chi connectivity index (χ2n) is 6.66. The van der Waals surface area contributed by atoms with E-state index >= 15 is 0 Å². The third kappa shape index (κ3) is 3.37. The van der Waals surface area contributed by atoms with Crippen LogP contribution in [0.2, 0.25) is 0 Å². The number of benzene rings is 2. The molecule has 0 aliphatic rings. The number of aliphatic carboxylic acids is 1. The highest BCUT2D eigenvalue weighted by Crippen LogP contribution is 2.29. The van der Waals surface area contributed by atoms with Crippen LogP contribution in [0.5, 0.6) is 0 Å². The SMILES string of the molecule is CC(C)(C)c1cccc(CC(O)(C(=O)O)c2ccccc2)c1. The predicted octanol–water partition coefficient (Wildman–Crippen LogP) is 3.50. The van der Waals surface area contributed by atoms with Gasteiger partial charge in [-0.3, -0.25) is 0 Å². The van der Waals surface area contributed by atoms with Gasteiger partial charge in [-0.15, -0.1) is 0 Å². The van der Waals surface area contributed by atoms with Crippen molar-refractivity contribution in [1.29, 1.82) is 0 Å². The zero-order chi connectivity index (χ0) is 16.4. The summed E-state index contributed by atoms with van der Waals surface area (Å²) in [5.41, 5.74) is 0.373. The molecule has 0 saturated carbocycles. The van der Waals surface area contributed by atoms with E-state index in [0.717, 1.165) is 11.1 Å². The first-order chi connectivity index (χ1) is 10.2. The Morgan fingerprint density at radius 3 is 2.09 bits per heavy atom. The normalized spacial score (nSPS) is 14.4. The van der Waals surface area contributed by atoms with Crippen LogP contribution in [0.4, 0.5) is 0 Å². The zero-order valence-corrected chi connectivity index (χ0v) is 13.2. The van der Waals surface area contributed by atoms with Crippen LogP contribution < -0.4 is 0 Å². The fraction of sp³-hybridized carbons (Fsp3) is 0.316. The number of aliphatic hydroxyl groups is 1. The summed E-state index contributed by atoms with van der Waals surface area (Å²) in [6.07, 6.45) is 0.0380. The summed E-state index contributed by atoms with van der Waals surface area (Å²) in [6, 6.07) is 16.3. The second-order valence-corrected chi connectivity index (χ2v) is 6.66. The van der Waals surface area contributed by atoms with E-state index in [-0.39, 0.29) is 11.8 Å². The molecule has 0 bridgehead atoms. The molecule has 3 heteroatoms. The van der Waals surface area contributed by atoms with Gasteiger partial charge in [0.05, 0.1) is 0 Å². The molecule has 0 amide bonds. The zero-order valence-electron chi connectivity index (χ0n) is 13.2. The third-order valence-corrected chi connectivity index (χ3v) is 3.86. The van der Waals surface area contributed by atoms with Crippen molar-refractivity contribution in [3.8, 4) is 0 Å². The molecule has 0 heterocycles. The Labute approximate surface area is 131 Å². The molecule has 0 aliphatic heterocycles. The van der Waals surface area contributed by atoms with Crippen molar-refractivity contribution in [3.63, 3.8) is 0 Å². The summed E-state index contributed by atoms with van der Waals surface area (Å²) in [5.74, 6) is -1.24. The smallest absolute Gasteiger partial charge is 0.340 e. The van der Waals surface area contributed by atoms with Crippen LogP contribution in [0.15, 0.2) is 54.6 Å². The highest BCUT2D eigenvalue weighted by Gasteiger charge is 2.38. The van der Waals surface area contributed by atoms with Crippen LogP contribution in [0.1, 0.15) is 37.5 Å². The molecule has 22 heavy (non-hydrogen) atoms. The molecule has 1 unspecified atom stereocenters. The predicted molar refractivity (Wildman–Crippen MR) is 86.8 cm³/mol. The Kier molecular flexibility index (Phi) is 4.38. The molecule has 0 aromatic heterocycles. The highest BCUT2D eigenvalue weighted by atomic mass is 16.4. The van der Waals surface area contributed by atoms with Gasteiger partial charge < -0.3 is 10.2 Å². The van der Waals surface area contributed by atoms with Crippen molar-refractivity contribution in [2.75, 3.05) is 0 Å². The molecule has 116 valence electrons. The largest absolute Gasteiger partial charge is 0.479 e. The molecule has 1 atom stereocenters. The molecular formula is C19H22O3. The van der Waals surface area contributed by atoms with E-state index in [1.165, 1.54) is 0 Å². The Morgan fingerprint density at radius 1 is 0.955 bits per heavy atom. The number of hydrogen-bond acceptors (Lipinski definition) is 2. The molecule has 3 nitrogen and oxygen atoms in total. The van der Waals surface area contributed by atoms with Crippen molar-refractivity contribution in [2.45, 2.75) is 38.2 Å². The maximum absolute atomic E-state index is 11.7. The van der Waals surface area contributed by atoms with Gasteiger partial charge in [-0.2, -0.15) is 0 Å². The summed E-state index contributed by atoms with van der Waals surface area (Å²) >= 11 is 0. The van der Waals surface area contributed by atoms with Gasteiger partial charge >= 0.3 is 5.97 Å². The van der Waals surface area contributed by atoms with Crippen LogP contribution in [-0.2, 0) is 22.2 Å². The van der Waals surface area contributed by atoms with Gasteiger partial charge in [0.25, 0.3) is 0 Å². The summed E-state index contributed by atoms with van der Waals surface area (Å²) < 4.78 is 0. The lowest BCUT2D eigenvalue weighted by molar-refractivity contribution is -0.159. The standard InChI is InChI=1S/C19H22O3/c1-18(2,3)16-11-7-8-14(12-16)13-19(22,17(20)21)15-9-5-4-6-10-15/h4-12,22H,13H2,1-3H3,(H,20,21). The summed E-state index contributed by atoms with van der Waals surface area (Å²) in [7, 11) is 0. The first kappa shape index (κ1) is 16.2. The first-order valence-electron chi connectivity index (χ1n) is 7.34. The molecular weight excluding hydrogens is 276 g/mol. The lowest BCUT2D eigenvalue weighted by Gasteiger charge is -2.25. The molecule has 2 aromatic carbocycles. The maximum atomic E-state index is 11.7. The lowest BCUT2D eigenvalue weighted by Crippen LogP contribution is -2.38. The average molecular weight is 298 g/mol. The van der Waals surface area contributed by atoms with E-state index in [1.54, 1.807) is 30.3 Å². The van der Waals surface area contributed by atoms with E-state index in [1.807, 2.05) is 24.3 Å². The average Bonchev–Trinajstić information content (AvgIpc) is 2.47. The van der Waals surface area contributed by atoms with E-state index in [4.69, 9.17) is 0 Å². The number of carboxylic acids is 1. The fourth-order valence-electron chi connectivity index (χ4n) is 2.46. The van der Waals surface area contributed by atoms with Gasteiger partial charge in [0.1, 0.15) is 0 Å². The van der Waals surface area contributed by atoms with Crippen molar-refractivity contribution in [3.05, 3.63) is 71.3 Å². The van der Waals surface area contributed by atoms with Crippen LogP contribution in [0.3, 0.4) is 0 Å². The molecule has 0 aliphatic carbocycles. The van der Waals surface area contributed by atoms with Crippen LogP contribution in [-0.4, -0.2) is 16.2 Å². The number of hydrogen-bond donors (Lipinski definition) is 2.